The van der Waals surface area contributed by atoms with Crippen molar-refractivity contribution in [3.05, 3.63) is 29.9 Å². The van der Waals surface area contributed by atoms with Gasteiger partial charge < -0.3 is 14.4 Å². The van der Waals surface area contributed by atoms with Crippen molar-refractivity contribution in [1.82, 2.24) is 25.0 Å². The summed E-state index contributed by atoms with van der Waals surface area (Å²) in [5.74, 6) is 1.35. The number of aromatic nitrogens is 4. The van der Waals surface area contributed by atoms with E-state index in [1.54, 1.807) is 6.92 Å². The Morgan fingerprint density at radius 1 is 1.44 bits per heavy atom. The Bertz CT molecular complexity index is 488. The number of nitrogens with one attached hydrogen (secondary N) is 1. The van der Waals surface area contributed by atoms with E-state index in [-0.39, 0.29) is 0 Å². The van der Waals surface area contributed by atoms with Gasteiger partial charge in [0.25, 0.3) is 0 Å². The van der Waals surface area contributed by atoms with Gasteiger partial charge in [-0.2, -0.15) is 4.98 Å². The van der Waals surface area contributed by atoms with Gasteiger partial charge in [0.05, 0.1) is 12.0 Å². The number of imidazole rings is 1. The topological polar surface area (TPSA) is 68.8 Å². The fraction of sp³-hybridized carbons (Fsp3) is 0.583. The first kappa shape index (κ1) is 12.8. The molecule has 2 aromatic heterocycles. The van der Waals surface area contributed by atoms with Gasteiger partial charge in [-0.15, -0.1) is 0 Å². The van der Waals surface area contributed by atoms with Crippen molar-refractivity contribution in [3.63, 3.8) is 0 Å². The lowest BCUT2D eigenvalue weighted by atomic mass is 10.3. The fourth-order valence-corrected chi connectivity index (χ4v) is 1.60. The molecule has 0 aromatic carbocycles. The lowest BCUT2D eigenvalue weighted by Gasteiger charge is -2.04. The molecule has 0 spiro atoms. The van der Waals surface area contributed by atoms with Crippen LogP contribution in [0.15, 0.2) is 17.0 Å². The summed E-state index contributed by atoms with van der Waals surface area (Å²) in [7, 11) is 0. The molecule has 1 N–H and O–H groups in total. The summed E-state index contributed by atoms with van der Waals surface area (Å²) in [6.07, 6.45) is 4.64. The summed E-state index contributed by atoms with van der Waals surface area (Å²) in [6, 6.07) is 0.470. The maximum absolute atomic E-state index is 4.93. The van der Waals surface area contributed by atoms with Gasteiger partial charge in [0.1, 0.15) is 0 Å². The summed E-state index contributed by atoms with van der Waals surface area (Å²) >= 11 is 0. The van der Waals surface area contributed by atoms with Gasteiger partial charge >= 0.3 is 0 Å². The molecule has 0 aliphatic heterocycles. The molecule has 0 unspecified atom stereocenters. The van der Waals surface area contributed by atoms with Gasteiger partial charge in [0.2, 0.25) is 5.89 Å². The van der Waals surface area contributed by atoms with E-state index in [1.807, 2.05) is 17.1 Å². The van der Waals surface area contributed by atoms with E-state index in [2.05, 4.69) is 34.3 Å². The predicted molar refractivity (Wildman–Crippen MR) is 66.9 cm³/mol. The second-order valence-corrected chi connectivity index (χ2v) is 4.62. The third kappa shape index (κ3) is 3.66. The minimum Gasteiger partial charge on any atom is -0.340 e. The zero-order chi connectivity index (χ0) is 13.0. The molecule has 2 rings (SSSR count). The van der Waals surface area contributed by atoms with Crippen molar-refractivity contribution in [1.29, 1.82) is 0 Å². The van der Waals surface area contributed by atoms with E-state index in [0.717, 1.165) is 31.0 Å². The molecule has 6 nitrogen and oxygen atoms in total. The molecule has 0 fully saturated rings. The number of rotatable bonds is 6. The highest BCUT2D eigenvalue weighted by molar-refractivity contribution is 4.97. The van der Waals surface area contributed by atoms with Crippen LogP contribution in [0.2, 0.25) is 0 Å². The molecule has 2 heterocycles. The zero-order valence-corrected chi connectivity index (χ0v) is 11.1. The smallest absolute Gasteiger partial charge is 0.223 e. The van der Waals surface area contributed by atoms with E-state index in [1.165, 1.54) is 0 Å². The second-order valence-electron chi connectivity index (χ2n) is 4.62. The Kier molecular flexibility index (Phi) is 4.09. The average molecular weight is 249 g/mol. The van der Waals surface area contributed by atoms with Crippen molar-refractivity contribution in [2.75, 3.05) is 0 Å². The highest BCUT2D eigenvalue weighted by Gasteiger charge is 2.04. The monoisotopic (exact) mass is 249 g/mol. The Morgan fingerprint density at radius 2 is 2.28 bits per heavy atom. The average Bonchev–Trinajstić information content (AvgIpc) is 2.93. The SMILES string of the molecule is Cc1nc(CCn2cnc(CNC(C)C)c2)no1. The first-order valence-electron chi connectivity index (χ1n) is 6.16. The molecule has 18 heavy (non-hydrogen) atoms. The molecule has 0 aliphatic rings. The predicted octanol–water partition coefficient (Wildman–Crippen LogP) is 1.32. The van der Waals surface area contributed by atoms with Crippen molar-refractivity contribution >= 4 is 0 Å². The lowest BCUT2D eigenvalue weighted by molar-refractivity contribution is 0.386. The third-order valence-electron chi connectivity index (χ3n) is 2.54. The molecule has 0 atom stereocenters. The summed E-state index contributed by atoms with van der Waals surface area (Å²) in [5, 5.41) is 7.20. The lowest BCUT2D eigenvalue weighted by Crippen LogP contribution is -2.21. The summed E-state index contributed by atoms with van der Waals surface area (Å²) in [5.41, 5.74) is 1.05. The van der Waals surface area contributed by atoms with Crippen LogP contribution < -0.4 is 5.32 Å². The Labute approximate surface area is 106 Å². The van der Waals surface area contributed by atoms with Gasteiger partial charge in [-0.3, -0.25) is 0 Å². The third-order valence-corrected chi connectivity index (χ3v) is 2.54. The van der Waals surface area contributed by atoms with Crippen molar-refractivity contribution < 1.29 is 4.52 Å². The largest absolute Gasteiger partial charge is 0.340 e. The van der Waals surface area contributed by atoms with Crippen LogP contribution in [0, 0.1) is 6.92 Å². The molecule has 0 radical (unpaired) electrons. The molecule has 0 aliphatic carbocycles. The maximum atomic E-state index is 4.93. The Morgan fingerprint density at radius 3 is 2.94 bits per heavy atom. The summed E-state index contributed by atoms with van der Waals surface area (Å²) in [4.78, 5) is 8.51. The Balaban J connectivity index is 1.83. The number of hydrogen-bond donors (Lipinski definition) is 1. The van der Waals surface area contributed by atoms with Crippen LogP contribution in [0.1, 0.15) is 31.3 Å². The van der Waals surface area contributed by atoms with Gasteiger partial charge in [-0.25, -0.2) is 4.98 Å². The number of nitrogens with zero attached hydrogens (tertiary/aromatic N) is 4. The first-order chi connectivity index (χ1) is 8.63. The van der Waals surface area contributed by atoms with Crippen LogP contribution in [0.5, 0.6) is 0 Å². The van der Waals surface area contributed by atoms with Gasteiger partial charge in [0, 0.05) is 38.7 Å². The van der Waals surface area contributed by atoms with Crippen LogP contribution in [-0.2, 0) is 19.5 Å². The minimum absolute atomic E-state index is 0.470. The molecule has 0 amide bonds. The highest BCUT2D eigenvalue weighted by atomic mass is 16.5. The molecule has 0 saturated carbocycles. The molecule has 98 valence electrons. The molecular weight excluding hydrogens is 230 g/mol. The van der Waals surface area contributed by atoms with Crippen LogP contribution in [-0.4, -0.2) is 25.7 Å². The molecule has 0 saturated heterocycles. The van der Waals surface area contributed by atoms with Gasteiger partial charge in [-0.1, -0.05) is 19.0 Å². The quantitative estimate of drug-likeness (QED) is 0.836. The van der Waals surface area contributed by atoms with E-state index in [4.69, 9.17) is 4.52 Å². The molecular formula is C12H19N5O. The standard InChI is InChI=1S/C12H19N5O/c1-9(2)13-6-11-7-17(8-14-11)5-4-12-15-10(3)18-16-12/h7-9,13H,4-6H2,1-3H3. The van der Waals surface area contributed by atoms with Crippen molar-refractivity contribution in [2.24, 2.45) is 0 Å². The van der Waals surface area contributed by atoms with E-state index >= 15 is 0 Å². The normalized spacial score (nSPS) is 11.3. The second kappa shape index (κ2) is 5.77. The van der Waals surface area contributed by atoms with Crippen LogP contribution in [0.25, 0.3) is 0 Å². The van der Waals surface area contributed by atoms with Gasteiger partial charge in [-0.05, 0) is 0 Å². The number of hydrogen-bond acceptors (Lipinski definition) is 5. The Hall–Kier alpha value is -1.69. The first-order valence-corrected chi connectivity index (χ1v) is 6.16. The van der Waals surface area contributed by atoms with Crippen molar-refractivity contribution in [2.45, 2.75) is 46.3 Å². The number of aryl methyl sites for hydroxylation is 3. The fourth-order valence-electron chi connectivity index (χ4n) is 1.60. The molecule has 0 bridgehead atoms. The van der Waals surface area contributed by atoms with Gasteiger partial charge in [0.15, 0.2) is 5.82 Å². The van der Waals surface area contributed by atoms with Crippen LogP contribution >= 0.6 is 0 Å². The zero-order valence-electron chi connectivity index (χ0n) is 11.1. The van der Waals surface area contributed by atoms with E-state index in [9.17, 15) is 0 Å². The van der Waals surface area contributed by atoms with E-state index < -0.39 is 0 Å². The van der Waals surface area contributed by atoms with E-state index in [0.29, 0.717) is 11.9 Å². The van der Waals surface area contributed by atoms with Crippen LogP contribution in [0.3, 0.4) is 0 Å². The van der Waals surface area contributed by atoms with Crippen LogP contribution in [0.4, 0.5) is 0 Å². The molecule has 2 aromatic rings. The highest BCUT2D eigenvalue weighted by Crippen LogP contribution is 2.01. The molecule has 6 heteroatoms. The van der Waals surface area contributed by atoms with Crippen molar-refractivity contribution in [3.8, 4) is 0 Å². The summed E-state index contributed by atoms with van der Waals surface area (Å²) in [6.45, 7) is 7.65. The maximum Gasteiger partial charge on any atom is 0.223 e. The summed E-state index contributed by atoms with van der Waals surface area (Å²) < 4.78 is 6.97. The minimum atomic E-state index is 0.470.